The minimum atomic E-state index is 0.130. The van der Waals surface area contributed by atoms with Crippen molar-refractivity contribution in [2.75, 3.05) is 0 Å². The molecule has 4 nitrogen and oxygen atoms in total. The molecule has 2 aliphatic rings. The lowest BCUT2D eigenvalue weighted by atomic mass is 9.82. The molecule has 3 N–H and O–H groups in total. The number of aryl methyl sites for hydroxylation is 2. The molecule has 0 aliphatic heterocycles. The molecule has 4 heterocycles. The normalized spacial score (nSPS) is 16.9. The first kappa shape index (κ1) is 38.5. The SMILES string of the molecule is CCCCC(CC)CCc1ccc(-c2ccc(C3=CC=C(C4=CC=C(c5ccc(-c6ccc(CCC(C)CC)s6)s5)C(=N)/C4=N\S)C(=N)C3=N)s2)s1. The van der Waals surface area contributed by atoms with Gasteiger partial charge >= 0.3 is 0 Å². The Labute approximate surface area is 330 Å². The zero-order valence-corrected chi connectivity index (χ0v) is 34.6. The van der Waals surface area contributed by atoms with Crippen LogP contribution in [0.4, 0.5) is 0 Å². The monoisotopic (exact) mass is 780 g/mol. The summed E-state index contributed by atoms with van der Waals surface area (Å²) in [5.41, 5.74) is 3.78. The number of thiol groups is 1. The fourth-order valence-corrected chi connectivity index (χ4v) is 11.2. The van der Waals surface area contributed by atoms with Crippen LogP contribution in [-0.4, -0.2) is 22.8 Å². The summed E-state index contributed by atoms with van der Waals surface area (Å²) in [6, 6.07) is 17.4. The molecule has 4 aromatic heterocycles. The number of rotatable bonds is 16. The van der Waals surface area contributed by atoms with Gasteiger partial charge in [-0.1, -0.05) is 84.1 Å². The summed E-state index contributed by atoms with van der Waals surface area (Å²) in [7, 11) is 0. The lowest BCUT2D eigenvalue weighted by Crippen LogP contribution is -2.27. The lowest BCUT2D eigenvalue weighted by molar-refractivity contribution is 0.423. The van der Waals surface area contributed by atoms with Gasteiger partial charge in [0.15, 0.2) is 0 Å². The van der Waals surface area contributed by atoms with E-state index in [-0.39, 0.29) is 17.1 Å². The Hall–Kier alpha value is -3.21. The number of nitrogens with zero attached hydrogens (tertiary/aromatic N) is 1. The average Bonchev–Trinajstić information content (AvgIpc) is 3.99. The minimum absolute atomic E-state index is 0.130. The van der Waals surface area contributed by atoms with Crippen LogP contribution in [0.5, 0.6) is 0 Å². The number of allylic oxidation sites excluding steroid dienone is 8. The van der Waals surface area contributed by atoms with E-state index in [1.54, 1.807) is 22.7 Å². The standard InChI is InChI=1S/C43H48N4S5/c1-5-8-9-27(7-3)11-13-29-15-21-37(50-29)38-24-22-34(51-38)32-18-16-30(40(44)41(32)45)31-17-19-33(42(46)43(31)47-48)35-23-25-39(52-35)36-20-14-28(49-36)12-10-26(4)6-2/h14-27,44-46,48H,5-13H2,1-4H3/b44-40?,45-41?,46-42?,47-43-. The van der Waals surface area contributed by atoms with E-state index < -0.39 is 0 Å². The van der Waals surface area contributed by atoms with Crippen LogP contribution in [0.2, 0.25) is 0 Å². The third kappa shape index (κ3) is 8.60. The molecule has 2 unspecified atom stereocenters. The van der Waals surface area contributed by atoms with Crippen molar-refractivity contribution in [3.63, 3.8) is 0 Å². The average molecular weight is 781 g/mol. The minimum Gasteiger partial charge on any atom is -0.298 e. The Morgan fingerprint density at radius 2 is 1.04 bits per heavy atom. The molecule has 6 rings (SSSR count). The number of hydrogen-bond donors (Lipinski definition) is 4. The number of nitrogens with one attached hydrogen (secondary N) is 3. The molecule has 2 aliphatic carbocycles. The number of thiophene rings is 4. The van der Waals surface area contributed by atoms with Gasteiger partial charge in [0, 0.05) is 61.3 Å². The van der Waals surface area contributed by atoms with Gasteiger partial charge in [-0.2, -0.15) is 0 Å². The summed E-state index contributed by atoms with van der Waals surface area (Å²) in [6.45, 7) is 9.16. The first-order chi connectivity index (χ1) is 25.2. The Morgan fingerprint density at radius 1 is 0.558 bits per heavy atom. The Kier molecular flexibility index (Phi) is 13.1. The second-order valence-electron chi connectivity index (χ2n) is 13.8. The third-order valence-corrected chi connectivity index (χ3v) is 15.4. The van der Waals surface area contributed by atoms with E-state index in [0.29, 0.717) is 16.9 Å². The zero-order chi connectivity index (χ0) is 36.8. The highest BCUT2D eigenvalue weighted by atomic mass is 32.1. The molecule has 0 radical (unpaired) electrons. The summed E-state index contributed by atoms with van der Waals surface area (Å²) < 4.78 is 4.25. The van der Waals surface area contributed by atoms with Crippen LogP contribution in [0.25, 0.3) is 30.7 Å². The molecule has 0 saturated carbocycles. The molecule has 0 aromatic carbocycles. The van der Waals surface area contributed by atoms with Crippen LogP contribution >= 0.6 is 58.2 Å². The number of hydrogen-bond acceptors (Lipinski definition) is 9. The van der Waals surface area contributed by atoms with Gasteiger partial charge in [0.1, 0.15) is 5.71 Å². The van der Waals surface area contributed by atoms with Gasteiger partial charge in [0.2, 0.25) is 0 Å². The van der Waals surface area contributed by atoms with E-state index in [1.807, 2.05) is 47.0 Å². The maximum atomic E-state index is 9.14. The molecular weight excluding hydrogens is 733 g/mol. The molecular formula is C43H48N4S5. The fourth-order valence-electron chi connectivity index (χ4n) is 6.65. The summed E-state index contributed by atoms with van der Waals surface area (Å²) >= 11 is 11.4. The van der Waals surface area contributed by atoms with E-state index in [0.717, 1.165) is 45.6 Å². The summed E-state index contributed by atoms with van der Waals surface area (Å²) in [5, 5.41) is 27.2. The second kappa shape index (κ2) is 17.7. The predicted octanol–water partition coefficient (Wildman–Crippen LogP) is 14.1. The van der Waals surface area contributed by atoms with Crippen LogP contribution in [0.1, 0.15) is 92.1 Å². The molecule has 9 heteroatoms. The van der Waals surface area contributed by atoms with Gasteiger partial charge in [-0.05, 0) is 98.9 Å². The molecule has 4 aromatic rings. The van der Waals surface area contributed by atoms with Crippen molar-refractivity contribution in [1.29, 1.82) is 16.2 Å². The molecule has 0 bridgehead atoms. The molecule has 2 atom stereocenters. The molecule has 0 spiro atoms. The van der Waals surface area contributed by atoms with E-state index in [9.17, 15) is 0 Å². The smallest absolute Gasteiger partial charge is 0.104 e. The molecule has 0 fully saturated rings. The second-order valence-corrected chi connectivity index (χ2v) is 18.5. The Morgan fingerprint density at radius 3 is 1.60 bits per heavy atom. The first-order valence-electron chi connectivity index (χ1n) is 18.5. The van der Waals surface area contributed by atoms with Crippen LogP contribution in [0.15, 0.2) is 88.4 Å². The maximum Gasteiger partial charge on any atom is 0.104 e. The Bertz CT molecular complexity index is 2110. The largest absolute Gasteiger partial charge is 0.298 e. The molecule has 0 saturated heterocycles. The molecule has 270 valence electrons. The fraction of sp³-hybridized carbons (Fsp3) is 0.349. The lowest BCUT2D eigenvalue weighted by Gasteiger charge is -2.23. The van der Waals surface area contributed by atoms with Gasteiger partial charge in [-0.25, -0.2) is 4.40 Å². The van der Waals surface area contributed by atoms with Gasteiger partial charge in [0.05, 0.1) is 17.1 Å². The summed E-state index contributed by atoms with van der Waals surface area (Å²) in [5.74, 6) is 1.55. The zero-order valence-electron chi connectivity index (χ0n) is 30.5. The van der Waals surface area contributed by atoms with Gasteiger partial charge < -0.3 is 0 Å². The molecule has 52 heavy (non-hydrogen) atoms. The van der Waals surface area contributed by atoms with Crippen molar-refractivity contribution in [1.82, 2.24) is 0 Å². The van der Waals surface area contributed by atoms with Crippen LogP contribution in [0, 0.1) is 28.1 Å². The van der Waals surface area contributed by atoms with Crippen molar-refractivity contribution in [2.24, 2.45) is 16.2 Å². The van der Waals surface area contributed by atoms with Crippen LogP contribution in [0.3, 0.4) is 0 Å². The number of unbranched alkanes of at least 4 members (excludes halogenated alkanes) is 1. The van der Waals surface area contributed by atoms with Crippen molar-refractivity contribution in [2.45, 2.75) is 85.5 Å². The Balaban J connectivity index is 1.18. The van der Waals surface area contributed by atoms with Crippen LogP contribution in [-0.2, 0) is 12.8 Å². The van der Waals surface area contributed by atoms with E-state index in [1.165, 1.54) is 74.2 Å². The van der Waals surface area contributed by atoms with Crippen molar-refractivity contribution < 1.29 is 0 Å². The summed E-state index contributed by atoms with van der Waals surface area (Å²) in [6.07, 6.45) is 18.8. The highest BCUT2D eigenvalue weighted by Crippen LogP contribution is 2.41. The quantitative estimate of drug-likeness (QED) is 0.0645. The van der Waals surface area contributed by atoms with E-state index in [4.69, 9.17) is 16.2 Å². The van der Waals surface area contributed by atoms with Gasteiger partial charge in [-0.15, -0.1) is 45.3 Å². The van der Waals surface area contributed by atoms with Gasteiger partial charge in [0.25, 0.3) is 0 Å². The summed E-state index contributed by atoms with van der Waals surface area (Å²) in [4.78, 5) is 9.77. The first-order valence-corrected chi connectivity index (χ1v) is 22.1. The van der Waals surface area contributed by atoms with Crippen molar-refractivity contribution in [3.05, 3.63) is 103 Å². The maximum absolute atomic E-state index is 9.14. The predicted molar refractivity (Wildman–Crippen MR) is 236 cm³/mol. The van der Waals surface area contributed by atoms with Crippen molar-refractivity contribution >= 4 is 92.2 Å². The third-order valence-electron chi connectivity index (χ3n) is 10.2. The molecule has 0 amide bonds. The topological polar surface area (TPSA) is 83.9 Å². The van der Waals surface area contributed by atoms with Gasteiger partial charge in [-0.3, -0.25) is 16.2 Å². The highest BCUT2D eigenvalue weighted by molar-refractivity contribution is 7.79. The van der Waals surface area contributed by atoms with E-state index in [2.05, 4.69) is 93.4 Å². The highest BCUT2D eigenvalue weighted by Gasteiger charge is 2.30. The van der Waals surface area contributed by atoms with Crippen LogP contribution < -0.4 is 0 Å². The van der Waals surface area contributed by atoms with Crippen molar-refractivity contribution in [3.8, 4) is 19.5 Å². The van der Waals surface area contributed by atoms with E-state index >= 15 is 0 Å².